The molecule has 0 amide bonds. The van der Waals surface area contributed by atoms with Crippen LogP contribution in [0.5, 0.6) is 0 Å². The second-order valence-electron chi connectivity index (χ2n) is 10.2. The average molecular weight is 420 g/mol. The van der Waals surface area contributed by atoms with Gasteiger partial charge in [0.2, 0.25) is 0 Å². The van der Waals surface area contributed by atoms with Gasteiger partial charge in [0.15, 0.2) is 0 Å². The molecule has 0 bridgehead atoms. The summed E-state index contributed by atoms with van der Waals surface area (Å²) in [6.07, 6.45) is 8.97. The number of hydrogen-bond donors (Lipinski definition) is 2. The molecule has 1 aliphatic carbocycles. The van der Waals surface area contributed by atoms with E-state index in [2.05, 4.69) is 62.5 Å². The maximum Gasteiger partial charge on any atom is 0.128 e. The van der Waals surface area contributed by atoms with Gasteiger partial charge in [-0.15, -0.1) is 0 Å². The summed E-state index contributed by atoms with van der Waals surface area (Å²) < 4.78 is 6.52. The van der Waals surface area contributed by atoms with Gasteiger partial charge >= 0.3 is 0 Å². The molecule has 31 heavy (non-hydrogen) atoms. The molecule has 6 nitrogen and oxygen atoms in total. The molecule has 5 heterocycles. The van der Waals surface area contributed by atoms with Crippen LogP contribution < -0.4 is 5.32 Å². The first-order valence-electron chi connectivity index (χ1n) is 12.1. The zero-order valence-corrected chi connectivity index (χ0v) is 18.4. The van der Waals surface area contributed by atoms with E-state index in [1.165, 1.54) is 53.5 Å². The van der Waals surface area contributed by atoms with Gasteiger partial charge in [0.1, 0.15) is 12.5 Å². The van der Waals surface area contributed by atoms with Gasteiger partial charge in [-0.05, 0) is 55.6 Å². The van der Waals surface area contributed by atoms with Crippen molar-refractivity contribution in [3.63, 3.8) is 0 Å². The van der Waals surface area contributed by atoms with Crippen molar-refractivity contribution in [3.05, 3.63) is 41.6 Å². The Bertz CT molecular complexity index is 1030. The van der Waals surface area contributed by atoms with Crippen LogP contribution in [-0.2, 0) is 11.2 Å². The van der Waals surface area contributed by atoms with Gasteiger partial charge in [0, 0.05) is 67.8 Å². The summed E-state index contributed by atoms with van der Waals surface area (Å²) in [7, 11) is 2.30. The largest absolute Gasteiger partial charge is 0.361 e. The Hall–Kier alpha value is -1.70. The van der Waals surface area contributed by atoms with E-state index < -0.39 is 0 Å². The highest BCUT2D eigenvalue weighted by Gasteiger charge is 2.45. The first-order chi connectivity index (χ1) is 15.2. The van der Waals surface area contributed by atoms with E-state index >= 15 is 0 Å². The van der Waals surface area contributed by atoms with Gasteiger partial charge in [0.25, 0.3) is 0 Å². The van der Waals surface area contributed by atoms with Crippen molar-refractivity contribution >= 4 is 16.5 Å². The second kappa shape index (κ2) is 7.15. The molecular weight excluding hydrogens is 386 g/mol. The zero-order valence-electron chi connectivity index (χ0n) is 18.4. The van der Waals surface area contributed by atoms with Crippen LogP contribution in [0.1, 0.15) is 24.0 Å². The number of rotatable bonds is 3. The van der Waals surface area contributed by atoms with Crippen LogP contribution in [0.2, 0.25) is 0 Å². The molecule has 1 aromatic heterocycles. The zero-order chi connectivity index (χ0) is 20.5. The highest BCUT2D eigenvalue weighted by atomic mass is 16.5. The van der Waals surface area contributed by atoms with Crippen LogP contribution >= 0.6 is 0 Å². The summed E-state index contributed by atoms with van der Waals surface area (Å²) in [6, 6.07) is 7.81. The van der Waals surface area contributed by atoms with Crippen LogP contribution in [0, 0.1) is 5.92 Å². The van der Waals surface area contributed by atoms with Crippen LogP contribution in [0.4, 0.5) is 0 Å². The van der Waals surface area contributed by atoms with Crippen molar-refractivity contribution in [2.75, 3.05) is 46.3 Å². The van der Waals surface area contributed by atoms with Gasteiger partial charge < -0.3 is 9.72 Å². The Morgan fingerprint density at radius 3 is 3.06 bits per heavy atom. The van der Waals surface area contributed by atoms with Gasteiger partial charge in [0.05, 0.1) is 0 Å². The molecule has 4 aliphatic heterocycles. The van der Waals surface area contributed by atoms with E-state index in [9.17, 15) is 0 Å². The average Bonchev–Trinajstić information content (AvgIpc) is 3.51. The van der Waals surface area contributed by atoms with Crippen molar-refractivity contribution in [1.29, 1.82) is 0 Å². The molecule has 2 N–H and O–H groups in total. The highest BCUT2D eigenvalue weighted by molar-refractivity contribution is 5.98. The topological polar surface area (TPSA) is 46.8 Å². The molecule has 0 radical (unpaired) electrons. The minimum Gasteiger partial charge on any atom is -0.361 e. The summed E-state index contributed by atoms with van der Waals surface area (Å²) in [5, 5.41) is 5.22. The maximum atomic E-state index is 6.52. The van der Waals surface area contributed by atoms with Crippen LogP contribution in [-0.4, -0.2) is 90.5 Å². The van der Waals surface area contributed by atoms with Gasteiger partial charge in [-0.25, -0.2) is 0 Å². The third kappa shape index (κ3) is 2.96. The predicted molar refractivity (Wildman–Crippen MR) is 123 cm³/mol. The smallest absolute Gasteiger partial charge is 0.128 e. The molecule has 1 unspecified atom stereocenters. The van der Waals surface area contributed by atoms with E-state index in [4.69, 9.17) is 4.74 Å². The Labute approximate surface area is 184 Å². The second-order valence-corrected chi connectivity index (χ2v) is 10.2. The number of H-pyrrole nitrogens is 1. The van der Waals surface area contributed by atoms with Crippen molar-refractivity contribution < 1.29 is 4.74 Å². The number of piperazine rings is 1. The van der Waals surface area contributed by atoms with Crippen LogP contribution in [0.3, 0.4) is 0 Å². The standard InChI is InChI=1S/C25H33N5O/c1-28-14-16(10-19-18-4-2-5-20-24(18)17(13-26-20)11-22(19)28)12-27-23-15-30-9-8-29-7-3-6-21(29)25(30)31-23/h2,4-5,10,13,16,21-23,25-27H,3,6-9,11-12,14-15H2,1H3/t16-,21-,22+,23?,25-/m0/s1. The van der Waals surface area contributed by atoms with Crippen molar-refractivity contribution in [2.45, 2.75) is 43.8 Å². The number of fused-ring (bicyclic) bond motifs is 5. The number of nitrogens with one attached hydrogen (secondary N) is 2. The van der Waals surface area contributed by atoms with Gasteiger partial charge in [-0.2, -0.15) is 0 Å². The molecule has 6 heteroatoms. The molecular formula is C25H33N5O. The van der Waals surface area contributed by atoms with E-state index in [0.717, 1.165) is 32.6 Å². The molecule has 164 valence electrons. The Balaban J connectivity index is 1.08. The van der Waals surface area contributed by atoms with E-state index in [-0.39, 0.29) is 6.23 Å². The lowest BCUT2D eigenvalue weighted by atomic mass is 9.80. The minimum absolute atomic E-state index is 0.165. The fraction of sp³-hybridized carbons (Fsp3) is 0.600. The lowest BCUT2D eigenvalue weighted by Gasteiger charge is -2.40. The summed E-state index contributed by atoms with van der Waals surface area (Å²) >= 11 is 0. The third-order valence-electron chi connectivity index (χ3n) is 8.43. The predicted octanol–water partition coefficient (Wildman–Crippen LogP) is 2.09. The number of aromatic amines is 1. The van der Waals surface area contributed by atoms with Gasteiger partial charge in [-0.1, -0.05) is 18.2 Å². The number of benzene rings is 1. The third-order valence-corrected chi connectivity index (χ3v) is 8.43. The normalized spacial score (nSPS) is 35.8. The van der Waals surface area contributed by atoms with Crippen molar-refractivity contribution in [1.82, 2.24) is 25.0 Å². The molecule has 3 saturated heterocycles. The number of likely N-dealkylation sites (N-methyl/N-ethyl adjacent to an activating group) is 1. The summed E-state index contributed by atoms with van der Waals surface area (Å²) in [5.74, 6) is 0.510. The Morgan fingerprint density at radius 2 is 2.10 bits per heavy atom. The summed E-state index contributed by atoms with van der Waals surface area (Å²) in [6.45, 7) is 6.74. The maximum absolute atomic E-state index is 6.52. The number of ether oxygens (including phenoxy) is 1. The van der Waals surface area contributed by atoms with E-state index in [1.807, 2.05) is 0 Å². The number of nitrogens with zero attached hydrogens (tertiary/aromatic N) is 3. The number of aromatic nitrogens is 1. The fourth-order valence-electron chi connectivity index (χ4n) is 6.95. The van der Waals surface area contributed by atoms with Crippen LogP contribution in [0.25, 0.3) is 16.5 Å². The molecule has 5 atom stereocenters. The van der Waals surface area contributed by atoms with Crippen molar-refractivity contribution in [3.8, 4) is 0 Å². The summed E-state index contributed by atoms with van der Waals surface area (Å²) in [5.41, 5.74) is 5.68. The van der Waals surface area contributed by atoms with E-state index in [0.29, 0.717) is 24.2 Å². The molecule has 5 aliphatic rings. The summed E-state index contributed by atoms with van der Waals surface area (Å²) in [4.78, 5) is 11.2. The quantitative estimate of drug-likeness (QED) is 0.798. The van der Waals surface area contributed by atoms with Crippen molar-refractivity contribution in [2.24, 2.45) is 5.92 Å². The Kier molecular flexibility index (Phi) is 4.35. The monoisotopic (exact) mass is 419 g/mol. The minimum atomic E-state index is 0.165. The first kappa shape index (κ1) is 18.8. The van der Waals surface area contributed by atoms with Gasteiger partial charge in [-0.3, -0.25) is 20.0 Å². The lowest BCUT2D eigenvalue weighted by Crippen LogP contribution is -2.54. The molecule has 0 saturated carbocycles. The first-order valence-corrected chi connectivity index (χ1v) is 12.1. The van der Waals surface area contributed by atoms with E-state index in [1.54, 1.807) is 0 Å². The lowest BCUT2D eigenvalue weighted by molar-refractivity contribution is -0.0795. The highest BCUT2D eigenvalue weighted by Crippen LogP contribution is 2.40. The number of hydrogen-bond acceptors (Lipinski definition) is 5. The molecule has 2 aromatic rings. The molecule has 0 spiro atoms. The fourth-order valence-corrected chi connectivity index (χ4v) is 6.95. The molecule has 3 fully saturated rings. The Morgan fingerprint density at radius 1 is 1.16 bits per heavy atom. The molecule has 1 aromatic carbocycles. The molecule has 7 rings (SSSR count). The van der Waals surface area contributed by atoms with Crippen LogP contribution in [0.15, 0.2) is 30.5 Å². The SMILES string of the molecule is CN1C[C@H](CNC2CN3CCN4CCC[C@H]4[C@@H]3O2)C=C2c3cccc4[nH]cc(c34)C[C@H]21.